The van der Waals surface area contributed by atoms with Gasteiger partial charge in [-0.15, -0.1) is 0 Å². The molecule has 0 bridgehead atoms. The Morgan fingerprint density at radius 3 is 2.77 bits per heavy atom. The monoisotopic (exact) mass is 306 g/mol. The highest BCUT2D eigenvalue weighted by molar-refractivity contribution is 5.81. The zero-order chi connectivity index (χ0) is 15.9. The number of benzene rings is 1. The van der Waals surface area contributed by atoms with E-state index in [2.05, 4.69) is 0 Å². The first-order chi connectivity index (χ1) is 10.4. The van der Waals surface area contributed by atoms with Crippen LogP contribution in [0, 0.1) is 6.92 Å². The molecule has 1 aliphatic rings. The summed E-state index contributed by atoms with van der Waals surface area (Å²) in [5.74, 6) is 0.425. The van der Waals surface area contributed by atoms with Crippen LogP contribution in [0.1, 0.15) is 18.9 Å². The van der Waals surface area contributed by atoms with Gasteiger partial charge in [0.1, 0.15) is 17.4 Å². The number of hydrogen-bond donors (Lipinski definition) is 2. The van der Waals surface area contributed by atoms with E-state index < -0.39 is 30.2 Å². The van der Waals surface area contributed by atoms with E-state index in [1.807, 2.05) is 6.92 Å². The largest absolute Gasteiger partial charge is 0.462 e. The fourth-order valence-electron chi connectivity index (χ4n) is 2.56. The minimum absolute atomic E-state index is 0.188. The molecule has 2 unspecified atom stereocenters. The van der Waals surface area contributed by atoms with Crippen LogP contribution in [-0.4, -0.2) is 34.8 Å². The van der Waals surface area contributed by atoms with E-state index in [4.69, 9.17) is 13.9 Å². The van der Waals surface area contributed by atoms with Crippen molar-refractivity contribution in [3.63, 3.8) is 0 Å². The van der Waals surface area contributed by atoms with Crippen molar-refractivity contribution in [1.29, 1.82) is 0 Å². The number of aliphatic hydroxyl groups excluding tert-OH is 2. The Bertz CT molecular complexity index is 737. The molecule has 6 nitrogen and oxygen atoms in total. The van der Waals surface area contributed by atoms with Gasteiger partial charge in [0.05, 0.1) is 12.2 Å². The van der Waals surface area contributed by atoms with Gasteiger partial charge < -0.3 is 24.1 Å². The van der Waals surface area contributed by atoms with Crippen LogP contribution in [0.15, 0.2) is 33.5 Å². The van der Waals surface area contributed by atoms with Crippen LogP contribution in [0.25, 0.3) is 11.0 Å². The molecule has 22 heavy (non-hydrogen) atoms. The predicted octanol–water partition coefficient (Wildman–Crippen LogP) is 1.34. The standard InChI is InChI=1S/C16H18O6/c1-8-5-15(19)22-14-6-10(3-4-11(8)14)21-16-13(18)7-12(17)9(2)20-16/h3-6,9,12-13,16-18H,7H2,1-2H3/t9-,12-,13?,16?/m0/s1. The quantitative estimate of drug-likeness (QED) is 0.814. The molecule has 4 atom stereocenters. The summed E-state index contributed by atoms with van der Waals surface area (Å²) < 4.78 is 16.2. The lowest BCUT2D eigenvalue weighted by molar-refractivity contribution is -0.228. The smallest absolute Gasteiger partial charge is 0.336 e. The van der Waals surface area contributed by atoms with Gasteiger partial charge in [-0.2, -0.15) is 0 Å². The molecule has 1 aromatic heterocycles. The Balaban J connectivity index is 1.86. The summed E-state index contributed by atoms with van der Waals surface area (Å²) >= 11 is 0. The summed E-state index contributed by atoms with van der Waals surface area (Å²) in [5, 5.41) is 20.4. The lowest BCUT2D eigenvalue weighted by atomic mass is 10.0. The summed E-state index contributed by atoms with van der Waals surface area (Å²) in [7, 11) is 0. The molecule has 3 rings (SSSR count). The van der Waals surface area contributed by atoms with Crippen LogP contribution in [0.3, 0.4) is 0 Å². The molecule has 1 fully saturated rings. The summed E-state index contributed by atoms with van der Waals surface area (Å²) in [6, 6.07) is 6.53. The fraction of sp³-hybridized carbons (Fsp3) is 0.438. The molecule has 2 heterocycles. The molecule has 2 aromatic rings. The number of ether oxygens (including phenoxy) is 2. The van der Waals surface area contributed by atoms with Crippen molar-refractivity contribution in [3.8, 4) is 5.75 Å². The van der Waals surface area contributed by atoms with Crippen LogP contribution in [-0.2, 0) is 4.74 Å². The summed E-state index contributed by atoms with van der Waals surface area (Å²) in [4.78, 5) is 11.4. The molecule has 1 aromatic carbocycles. The Morgan fingerprint density at radius 2 is 2.00 bits per heavy atom. The Kier molecular flexibility index (Phi) is 3.90. The van der Waals surface area contributed by atoms with Gasteiger partial charge >= 0.3 is 5.63 Å². The van der Waals surface area contributed by atoms with E-state index >= 15 is 0 Å². The molecule has 1 saturated heterocycles. The first-order valence-electron chi connectivity index (χ1n) is 7.17. The molecule has 0 saturated carbocycles. The summed E-state index contributed by atoms with van der Waals surface area (Å²) in [5.41, 5.74) is 0.817. The zero-order valence-electron chi connectivity index (χ0n) is 12.4. The molecule has 1 aliphatic heterocycles. The van der Waals surface area contributed by atoms with Gasteiger partial charge in [-0.05, 0) is 31.5 Å². The first-order valence-corrected chi connectivity index (χ1v) is 7.17. The van der Waals surface area contributed by atoms with Crippen molar-refractivity contribution in [2.75, 3.05) is 0 Å². The highest BCUT2D eigenvalue weighted by atomic mass is 16.7. The maximum Gasteiger partial charge on any atom is 0.336 e. The van der Waals surface area contributed by atoms with Crippen molar-refractivity contribution in [3.05, 3.63) is 40.2 Å². The number of aliphatic hydroxyl groups is 2. The molecule has 2 N–H and O–H groups in total. The summed E-state index contributed by atoms with van der Waals surface area (Å²) in [6.07, 6.45) is -2.74. The van der Waals surface area contributed by atoms with Crippen molar-refractivity contribution >= 4 is 11.0 Å². The van der Waals surface area contributed by atoms with Gasteiger partial charge in [0.2, 0.25) is 6.29 Å². The number of rotatable bonds is 2. The van der Waals surface area contributed by atoms with Crippen LogP contribution < -0.4 is 10.4 Å². The van der Waals surface area contributed by atoms with Crippen LogP contribution in [0.4, 0.5) is 0 Å². The van der Waals surface area contributed by atoms with Gasteiger partial charge in [0, 0.05) is 23.9 Å². The average molecular weight is 306 g/mol. The van der Waals surface area contributed by atoms with Crippen molar-refractivity contribution in [2.45, 2.75) is 44.9 Å². The third kappa shape index (κ3) is 2.85. The third-order valence-electron chi connectivity index (χ3n) is 3.86. The molecule has 0 aliphatic carbocycles. The van der Waals surface area contributed by atoms with Gasteiger partial charge in [-0.1, -0.05) is 0 Å². The van der Waals surface area contributed by atoms with E-state index in [0.717, 1.165) is 10.9 Å². The van der Waals surface area contributed by atoms with Crippen molar-refractivity contribution in [1.82, 2.24) is 0 Å². The number of fused-ring (bicyclic) bond motifs is 1. The predicted molar refractivity (Wildman–Crippen MR) is 78.8 cm³/mol. The number of aryl methyl sites for hydroxylation is 1. The minimum Gasteiger partial charge on any atom is -0.462 e. The fourth-order valence-corrected chi connectivity index (χ4v) is 2.56. The van der Waals surface area contributed by atoms with Crippen LogP contribution in [0.2, 0.25) is 0 Å². The molecule has 118 valence electrons. The van der Waals surface area contributed by atoms with E-state index in [0.29, 0.717) is 11.3 Å². The highest BCUT2D eigenvalue weighted by Crippen LogP contribution is 2.26. The molecule has 0 amide bonds. The highest BCUT2D eigenvalue weighted by Gasteiger charge is 2.35. The van der Waals surface area contributed by atoms with Gasteiger partial charge in [-0.25, -0.2) is 4.79 Å². The zero-order valence-corrected chi connectivity index (χ0v) is 12.4. The lowest BCUT2D eigenvalue weighted by Crippen LogP contribution is -2.48. The van der Waals surface area contributed by atoms with Crippen molar-refractivity contribution in [2.24, 2.45) is 0 Å². The molecule has 0 spiro atoms. The van der Waals surface area contributed by atoms with Crippen LogP contribution >= 0.6 is 0 Å². The SMILES string of the molecule is Cc1cc(=O)oc2cc(OC3O[C@@H](C)[C@@H](O)CC3O)ccc12. The second-order valence-electron chi connectivity index (χ2n) is 5.60. The lowest BCUT2D eigenvalue weighted by Gasteiger charge is -2.35. The summed E-state index contributed by atoms with van der Waals surface area (Å²) in [6.45, 7) is 3.55. The van der Waals surface area contributed by atoms with Gasteiger partial charge in [0.25, 0.3) is 0 Å². The maximum absolute atomic E-state index is 11.4. The second kappa shape index (κ2) is 5.72. The van der Waals surface area contributed by atoms with Crippen molar-refractivity contribution < 1.29 is 24.1 Å². The van der Waals surface area contributed by atoms with E-state index in [1.165, 1.54) is 6.07 Å². The first kappa shape index (κ1) is 15.0. The molecular formula is C16H18O6. The Morgan fingerprint density at radius 1 is 1.23 bits per heavy atom. The molecule has 0 radical (unpaired) electrons. The second-order valence-corrected chi connectivity index (χ2v) is 5.60. The van der Waals surface area contributed by atoms with Gasteiger partial charge in [0.15, 0.2) is 0 Å². The Hall–Kier alpha value is -1.89. The Labute approximate surface area is 126 Å². The van der Waals surface area contributed by atoms with E-state index in [9.17, 15) is 15.0 Å². The van der Waals surface area contributed by atoms with E-state index in [1.54, 1.807) is 25.1 Å². The van der Waals surface area contributed by atoms with E-state index in [-0.39, 0.29) is 6.42 Å². The van der Waals surface area contributed by atoms with Crippen LogP contribution in [0.5, 0.6) is 5.75 Å². The maximum atomic E-state index is 11.4. The number of hydrogen-bond acceptors (Lipinski definition) is 6. The topological polar surface area (TPSA) is 89.1 Å². The minimum atomic E-state index is -0.925. The average Bonchev–Trinajstić information content (AvgIpc) is 2.44. The molecular weight excluding hydrogens is 288 g/mol. The molecule has 6 heteroatoms. The normalized spacial score (nSPS) is 28.7. The van der Waals surface area contributed by atoms with Gasteiger partial charge in [-0.3, -0.25) is 0 Å². The third-order valence-corrected chi connectivity index (χ3v) is 3.86.